The van der Waals surface area contributed by atoms with E-state index in [0.717, 1.165) is 17.7 Å². The Morgan fingerprint density at radius 2 is 1.86 bits per heavy atom. The number of carbonyl (C=O) groups is 1. The fourth-order valence-corrected chi connectivity index (χ4v) is 3.47. The highest BCUT2D eigenvalue weighted by molar-refractivity contribution is 6.30. The van der Waals surface area contributed by atoms with E-state index in [1.807, 2.05) is 0 Å². The van der Waals surface area contributed by atoms with E-state index >= 15 is 0 Å². The summed E-state index contributed by atoms with van der Waals surface area (Å²) in [7, 11) is 0. The molecule has 9 heteroatoms. The van der Waals surface area contributed by atoms with Crippen LogP contribution in [0.25, 0.3) is 6.08 Å². The molecule has 0 saturated carbocycles. The van der Waals surface area contributed by atoms with Crippen LogP contribution in [0.5, 0.6) is 11.6 Å². The molecule has 1 fully saturated rings. The van der Waals surface area contributed by atoms with Gasteiger partial charge in [-0.1, -0.05) is 17.2 Å². The summed E-state index contributed by atoms with van der Waals surface area (Å²) < 4.78 is 38.9. The molecule has 1 saturated heterocycles. The molecule has 0 unspecified atom stereocenters. The minimum atomic E-state index is -0.702. The number of benzene rings is 1. The van der Waals surface area contributed by atoms with Gasteiger partial charge in [-0.2, -0.15) is 0 Å². The Labute approximate surface area is 171 Å². The zero-order valence-corrected chi connectivity index (χ0v) is 16.1. The molecule has 2 aliphatic rings. The molecule has 2 aromatic rings. The van der Waals surface area contributed by atoms with Crippen molar-refractivity contribution in [2.45, 2.75) is 12.8 Å². The second-order valence-electron chi connectivity index (χ2n) is 6.69. The van der Waals surface area contributed by atoms with Crippen molar-refractivity contribution in [3.8, 4) is 11.6 Å². The van der Waals surface area contributed by atoms with Crippen molar-refractivity contribution in [1.29, 1.82) is 0 Å². The number of ether oxygens (including phenoxy) is 2. The lowest BCUT2D eigenvalue weighted by Gasteiger charge is -2.29. The van der Waals surface area contributed by atoms with E-state index in [2.05, 4.69) is 10.3 Å². The number of nitrogens with one attached hydrogen (secondary N) is 1. The fourth-order valence-electron chi connectivity index (χ4n) is 3.28. The SMILES string of the molecule is O=C(Nc1ccnc2c1OCCO2)N1CCC(=Cc2c(F)cc(Cl)cc2F)CC1. The molecule has 0 aliphatic carbocycles. The van der Waals surface area contributed by atoms with Gasteiger partial charge < -0.3 is 19.7 Å². The Hall–Kier alpha value is -2.87. The maximum absolute atomic E-state index is 14.0. The number of carbonyl (C=O) groups excluding carboxylic acids is 1. The molecule has 3 heterocycles. The first-order valence-electron chi connectivity index (χ1n) is 9.16. The van der Waals surface area contributed by atoms with Crippen LogP contribution in [0.15, 0.2) is 30.0 Å². The Kier molecular flexibility index (Phi) is 5.53. The van der Waals surface area contributed by atoms with Gasteiger partial charge in [0.05, 0.1) is 5.69 Å². The molecule has 0 spiro atoms. The lowest BCUT2D eigenvalue weighted by Crippen LogP contribution is -2.39. The van der Waals surface area contributed by atoms with Gasteiger partial charge in [-0.3, -0.25) is 0 Å². The number of fused-ring (bicyclic) bond motifs is 1. The summed E-state index contributed by atoms with van der Waals surface area (Å²) in [4.78, 5) is 18.3. The number of anilines is 1. The monoisotopic (exact) mass is 421 g/mol. The van der Waals surface area contributed by atoms with Gasteiger partial charge in [0.2, 0.25) is 5.75 Å². The van der Waals surface area contributed by atoms with Crippen LogP contribution in [0.2, 0.25) is 5.02 Å². The first-order valence-corrected chi connectivity index (χ1v) is 9.53. The van der Waals surface area contributed by atoms with Gasteiger partial charge in [0.1, 0.15) is 24.8 Å². The molecule has 4 rings (SSSR count). The molecule has 152 valence electrons. The summed E-state index contributed by atoms with van der Waals surface area (Å²) in [6, 6.07) is 3.53. The summed E-state index contributed by atoms with van der Waals surface area (Å²) in [5.74, 6) is -0.636. The van der Waals surface area contributed by atoms with Crippen LogP contribution in [0.3, 0.4) is 0 Å². The number of hydrogen-bond donors (Lipinski definition) is 1. The number of amides is 2. The number of urea groups is 1. The molecule has 0 radical (unpaired) electrons. The van der Waals surface area contributed by atoms with E-state index in [9.17, 15) is 13.6 Å². The number of hydrogen-bond acceptors (Lipinski definition) is 4. The molecule has 2 amide bonds. The number of rotatable bonds is 2. The molecular formula is C20H18ClF2N3O3. The van der Waals surface area contributed by atoms with Crippen molar-refractivity contribution in [2.24, 2.45) is 0 Å². The Morgan fingerprint density at radius 1 is 1.17 bits per heavy atom. The normalized spacial score (nSPS) is 15.8. The predicted octanol–water partition coefficient (Wildman–Crippen LogP) is 4.50. The van der Waals surface area contributed by atoms with Gasteiger partial charge in [-0.05, 0) is 37.1 Å². The lowest BCUT2D eigenvalue weighted by atomic mass is 10.0. The van der Waals surface area contributed by atoms with E-state index in [4.69, 9.17) is 21.1 Å². The summed E-state index contributed by atoms with van der Waals surface area (Å²) in [6.07, 6.45) is 4.07. The highest BCUT2D eigenvalue weighted by atomic mass is 35.5. The number of aromatic nitrogens is 1. The number of pyridine rings is 1. The number of piperidine rings is 1. The molecule has 2 aliphatic heterocycles. The van der Waals surface area contributed by atoms with Gasteiger partial charge in [-0.25, -0.2) is 18.6 Å². The zero-order chi connectivity index (χ0) is 20.4. The van der Waals surface area contributed by atoms with Crippen LogP contribution in [0.4, 0.5) is 19.3 Å². The topological polar surface area (TPSA) is 63.7 Å². The highest BCUT2D eigenvalue weighted by Crippen LogP contribution is 2.35. The smallest absolute Gasteiger partial charge is 0.321 e. The van der Waals surface area contributed by atoms with Crippen molar-refractivity contribution < 1.29 is 23.0 Å². The first-order chi connectivity index (χ1) is 14.0. The van der Waals surface area contributed by atoms with Crippen LogP contribution in [-0.4, -0.2) is 42.2 Å². The Morgan fingerprint density at radius 3 is 2.59 bits per heavy atom. The van der Waals surface area contributed by atoms with Crippen LogP contribution in [-0.2, 0) is 0 Å². The maximum atomic E-state index is 14.0. The second kappa shape index (κ2) is 8.24. The van der Waals surface area contributed by atoms with E-state index in [0.29, 0.717) is 56.5 Å². The van der Waals surface area contributed by atoms with Gasteiger partial charge in [-0.15, -0.1) is 0 Å². The summed E-state index contributed by atoms with van der Waals surface area (Å²) in [6.45, 7) is 1.66. The largest absolute Gasteiger partial charge is 0.483 e. The van der Waals surface area contributed by atoms with Crippen molar-refractivity contribution >= 4 is 29.4 Å². The molecule has 0 atom stereocenters. The minimum Gasteiger partial charge on any atom is -0.483 e. The van der Waals surface area contributed by atoms with E-state index in [1.54, 1.807) is 11.0 Å². The van der Waals surface area contributed by atoms with Crippen LogP contribution < -0.4 is 14.8 Å². The summed E-state index contributed by atoms with van der Waals surface area (Å²) in [5.41, 5.74) is 1.25. The second-order valence-corrected chi connectivity index (χ2v) is 7.13. The molecule has 1 aromatic heterocycles. The van der Waals surface area contributed by atoms with Crippen LogP contribution >= 0.6 is 11.6 Å². The van der Waals surface area contributed by atoms with Crippen molar-refractivity contribution in [1.82, 2.24) is 9.88 Å². The third-order valence-electron chi connectivity index (χ3n) is 4.77. The van der Waals surface area contributed by atoms with Gasteiger partial charge >= 0.3 is 6.03 Å². The molecule has 6 nitrogen and oxygen atoms in total. The van der Waals surface area contributed by atoms with E-state index in [1.165, 1.54) is 12.3 Å². The standard InChI is InChI=1S/C20H18ClF2N3O3/c21-13-10-15(22)14(16(23)11-13)9-12-2-5-26(6-3-12)20(27)25-17-1-4-24-19-18(17)28-7-8-29-19/h1,4,9-11H,2-3,5-8H2,(H,24,25,27). The van der Waals surface area contributed by atoms with Gasteiger partial charge in [0.15, 0.2) is 0 Å². The average Bonchev–Trinajstić information content (AvgIpc) is 2.71. The first kappa shape index (κ1) is 19.4. The van der Waals surface area contributed by atoms with Gasteiger partial charge in [0.25, 0.3) is 5.88 Å². The molecule has 1 N–H and O–H groups in total. The molecular weight excluding hydrogens is 404 g/mol. The highest BCUT2D eigenvalue weighted by Gasteiger charge is 2.23. The third kappa shape index (κ3) is 4.27. The molecule has 0 bridgehead atoms. The predicted molar refractivity (Wildman–Crippen MR) is 104 cm³/mol. The zero-order valence-electron chi connectivity index (χ0n) is 15.4. The van der Waals surface area contributed by atoms with Crippen molar-refractivity contribution in [3.05, 3.63) is 52.2 Å². The van der Waals surface area contributed by atoms with E-state index < -0.39 is 11.6 Å². The fraction of sp³-hybridized carbons (Fsp3) is 0.300. The lowest BCUT2D eigenvalue weighted by molar-refractivity contribution is 0.165. The molecule has 1 aromatic carbocycles. The minimum absolute atomic E-state index is 0.0151. The van der Waals surface area contributed by atoms with Gasteiger partial charge in [0, 0.05) is 29.9 Å². The quantitative estimate of drug-likeness (QED) is 0.775. The number of halogens is 3. The van der Waals surface area contributed by atoms with Crippen LogP contribution in [0.1, 0.15) is 18.4 Å². The van der Waals surface area contributed by atoms with Crippen molar-refractivity contribution in [2.75, 3.05) is 31.6 Å². The summed E-state index contributed by atoms with van der Waals surface area (Å²) >= 11 is 5.66. The number of likely N-dealkylation sites (tertiary alicyclic amines) is 1. The number of nitrogens with zero attached hydrogens (tertiary/aromatic N) is 2. The average molecular weight is 422 g/mol. The maximum Gasteiger partial charge on any atom is 0.321 e. The third-order valence-corrected chi connectivity index (χ3v) is 4.99. The van der Waals surface area contributed by atoms with E-state index in [-0.39, 0.29) is 16.6 Å². The Bertz CT molecular complexity index is 950. The Balaban J connectivity index is 1.41. The summed E-state index contributed by atoms with van der Waals surface area (Å²) in [5, 5.41) is 2.83. The van der Waals surface area contributed by atoms with Crippen molar-refractivity contribution in [3.63, 3.8) is 0 Å². The molecule has 29 heavy (non-hydrogen) atoms. The van der Waals surface area contributed by atoms with Crippen LogP contribution in [0, 0.1) is 11.6 Å².